The number of carboxylic acid groups (broad SMARTS) is 1. The first-order valence-corrected chi connectivity index (χ1v) is 11.1. The van der Waals surface area contributed by atoms with Gasteiger partial charge in [-0.2, -0.15) is 0 Å². The fraction of sp³-hybridized carbons (Fsp3) is 0.667. The van der Waals surface area contributed by atoms with Crippen molar-refractivity contribution in [2.45, 2.75) is 70.1 Å². The lowest BCUT2D eigenvalue weighted by atomic mass is 10.0. The zero-order chi connectivity index (χ0) is 23.4. The molecule has 3 amide bonds. The van der Waals surface area contributed by atoms with Crippen LogP contribution in [0.3, 0.4) is 0 Å². The van der Waals surface area contributed by atoms with Crippen molar-refractivity contribution in [3.8, 4) is 0 Å². The Morgan fingerprint density at radius 1 is 1.19 bits per heavy atom. The average molecular weight is 449 g/mol. The summed E-state index contributed by atoms with van der Waals surface area (Å²) in [5.41, 5.74) is 6.85. The van der Waals surface area contributed by atoms with Crippen LogP contribution >= 0.6 is 0 Å². The molecule has 4 atom stereocenters. The van der Waals surface area contributed by atoms with E-state index in [9.17, 15) is 24.3 Å². The van der Waals surface area contributed by atoms with Gasteiger partial charge < -0.3 is 30.9 Å². The Balaban J connectivity index is 1.67. The minimum absolute atomic E-state index is 0.279. The van der Waals surface area contributed by atoms with Crippen molar-refractivity contribution in [1.29, 1.82) is 0 Å². The fourth-order valence-electron chi connectivity index (χ4n) is 4.48. The first-order valence-electron chi connectivity index (χ1n) is 11.1. The van der Waals surface area contributed by atoms with Gasteiger partial charge in [0.15, 0.2) is 0 Å². The summed E-state index contributed by atoms with van der Waals surface area (Å²) in [7, 11) is 0. The highest BCUT2D eigenvalue weighted by molar-refractivity contribution is 5.94. The number of amides is 3. The Kier molecular flexibility index (Phi) is 7.49. The molecule has 3 rings (SSSR count). The summed E-state index contributed by atoms with van der Waals surface area (Å²) < 4.78 is 0. The van der Waals surface area contributed by atoms with Gasteiger partial charge in [-0.05, 0) is 31.6 Å². The number of hydrogen-bond donors (Lipinski definition) is 4. The molecule has 5 N–H and O–H groups in total. The molecule has 11 heteroatoms. The van der Waals surface area contributed by atoms with E-state index >= 15 is 0 Å². The standard InChI is InChI=1S/C21H32N6O5/c1-12(2)17(21(31)32)25-18(28)15-5-3-7-26(15)20(30)16-6-4-8-27(16)19(29)14(22)9-13-10-23-11-24-13/h10-12,14-17H,3-9,22H2,1-2H3,(H,23,24)(H,25,28)(H,31,32). The highest BCUT2D eigenvalue weighted by Gasteiger charge is 2.43. The van der Waals surface area contributed by atoms with Crippen LogP contribution in [0, 0.1) is 5.92 Å². The summed E-state index contributed by atoms with van der Waals surface area (Å²) in [6.07, 6.45) is 5.70. The predicted octanol–water partition coefficient (Wildman–Crippen LogP) is -0.513. The minimum atomic E-state index is -1.11. The molecule has 3 heterocycles. The molecule has 0 bridgehead atoms. The van der Waals surface area contributed by atoms with Gasteiger partial charge in [-0.1, -0.05) is 13.8 Å². The number of carboxylic acids is 1. The van der Waals surface area contributed by atoms with Gasteiger partial charge >= 0.3 is 5.97 Å². The lowest BCUT2D eigenvalue weighted by molar-refractivity contribution is -0.148. The van der Waals surface area contributed by atoms with Gasteiger partial charge in [-0.3, -0.25) is 14.4 Å². The van der Waals surface area contributed by atoms with Crippen molar-refractivity contribution in [3.63, 3.8) is 0 Å². The molecule has 0 saturated carbocycles. The van der Waals surface area contributed by atoms with Crippen molar-refractivity contribution < 1.29 is 24.3 Å². The topological polar surface area (TPSA) is 162 Å². The molecule has 176 valence electrons. The molecule has 0 aliphatic carbocycles. The van der Waals surface area contributed by atoms with E-state index in [-0.39, 0.29) is 24.2 Å². The number of imidazole rings is 1. The molecule has 2 aliphatic rings. The molecule has 11 nitrogen and oxygen atoms in total. The number of carbonyl (C=O) groups excluding carboxylic acids is 3. The van der Waals surface area contributed by atoms with Crippen LogP contribution in [0.2, 0.25) is 0 Å². The highest BCUT2D eigenvalue weighted by atomic mass is 16.4. The molecule has 32 heavy (non-hydrogen) atoms. The lowest BCUT2D eigenvalue weighted by Crippen LogP contribution is -2.57. The van der Waals surface area contributed by atoms with Gasteiger partial charge in [-0.15, -0.1) is 0 Å². The number of nitrogens with two attached hydrogens (primary N) is 1. The number of carbonyl (C=O) groups is 4. The van der Waals surface area contributed by atoms with Gasteiger partial charge in [-0.25, -0.2) is 9.78 Å². The Bertz CT molecular complexity index is 842. The Labute approximate surface area is 186 Å². The third kappa shape index (κ3) is 5.09. The number of rotatable bonds is 8. The zero-order valence-electron chi connectivity index (χ0n) is 18.5. The van der Waals surface area contributed by atoms with Crippen LogP contribution in [0.1, 0.15) is 45.2 Å². The van der Waals surface area contributed by atoms with E-state index in [0.29, 0.717) is 38.8 Å². The van der Waals surface area contributed by atoms with E-state index < -0.39 is 36.0 Å². The van der Waals surface area contributed by atoms with Gasteiger partial charge in [0.2, 0.25) is 17.7 Å². The maximum Gasteiger partial charge on any atom is 0.326 e. The first kappa shape index (κ1) is 23.7. The summed E-state index contributed by atoms with van der Waals surface area (Å²) >= 11 is 0. The van der Waals surface area contributed by atoms with Crippen LogP contribution in [0.25, 0.3) is 0 Å². The fourth-order valence-corrected chi connectivity index (χ4v) is 4.48. The molecule has 0 radical (unpaired) electrons. The second-order valence-electron chi connectivity index (χ2n) is 8.84. The Hall–Kier alpha value is -2.95. The van der Waals surface area contributed by atoms with Crippen molar-refractivity contribution in [1.82, 2.24) is 25.1 Å². The second kappa shape index (κ2) is 10.1. The number of likely N-dealkylation sites (tertiary alicyclic amines) is 2. The summed E-state index contributed by atoms with van der Waals surface area (Å²) in [5, 5.41) is 11.9. The molecule has 2 saturated heterocycles. The van der Waals surface area contributed by atoms with Crippen LogP contribution in [-0.2, 0) is 25.6 Å². The molecule has 0 aromatic carbocycles. The largest absolute Gasteiger partial charge is 0.480 e. The molecule has 2 aliphatic heterocycles. The quantitative estimate of drug-likeness (QED) is 0.416. The molecule has 1 aromatic rings. The number of nitrogens with one attached hydrogen (secondary N) is 2. The van der Waals surface area contributed by atoms with Crippen molar-refractivity contribution in [2.75, 3.05) is 13.1 Å². The SMILES string of the molecule is CC(C)C(NC(=O)C1CCCN1C(=O)C1CCCN1C(=O)C(N)Cc1cnc[nH]1)C(=O)O. The molecular weight excluding hydrogens is 416 g/mol. The molecule has 1 aromatic heterocycles. The number of aliphatic carboxylic acids is 1. The molecular formula is C21H32N6O5. The predicted molar refractivity (Wildman–Crippen MR) is 114 cm³/mol. The normalized spacial score (nSPS) is 22.8. The first-order chi connectivity index (χ1) is 15.2. The Morgan fingerprint density at radius 2 is 1.84 bits per heavy atom. The smallest absolute Gasteiger partial charge is 0.326 e. The summed E-state index contributed by atoms with van der Waals surface area (Å²) in [6.45, 7) is 4.26. The lowest BCUT2D eigenvalue weighted by Gasteiger charge is -2.32. The van der Waals surface area contributed by atoms with Crippen LogP contribution < -0.4 is 11.1 Å². The number of aromatic amines is 1. The summed E-state index contributed by atoms with van der Waals surface area (Å²) in [4.78, 5) is 60.4. The van der Waals surface area contributed by atoms with Crippen LogP contribution in [0.5, 0.6) is 0 Å². The monoisotopic (exact) mass is 448 g/mol. The highest BCUT2D eigenvalue weighted by Crippen LogP contribution is 2.26. The van der Waals surface area contributed by atoms with E-state index in [1.807, 2.05) is 0 Å². The second-order valence-corrected chi connectivity index (χ2v) is 8.84. The van der Waals surface area contributed by atoms with Crippen molar-refractivity contribution in [3.05, 3.63) is 18.2 Å². The maximum atomic E-state index is 13.3. The van der Waals surface area contributed by atoms with Gasteiger partial charge in [0, 0.05) is 31.4 Å². The molecule has 0 spiro atoms. The van der Waals surface area contributed by atoms with Crippen molar-refractivity contribution >= 4 is 23.7 Å². The van der Waals surface area contributed by atoms with E-state index in [2.05, 4.69) is 15.3 Å². The maximum absolute atomic E-state index is 13.3. The van der Waals surface area contributed by atoms with Crippen molar-refractivity contribution in [2.24, 2.45) is 11.7 Å². The van der Waals surface area contributed by atoms with Gasteiger partial charge in [0.1, 0.15) is 18.1 Å². The van der Waals surface area contributed by atoms with E-state index in [0.717, 1.165) is 5.69 Å². The number of H-pyrrole nitrogens is 1. The van der Waals surface area contributed by atoms with Crippen LogP contribution in [0.15, 0.2) is 12.5 Å². The van der Waals surface area contributed by atoms with Crippen LogP contribution in [-0.4, -0.2) is 85.8 Å². The van der Waals surface area contributed by atoms with Gasteiger partial charge in [0.05, 0.1) is 12.4 Å². The van der Waals surface area contributed by atoms with E-state index in [1.165, 1.54) is 16.1 Å². The third-order valence-electron chi connectivity index (χ3n) is 6.20. The zero-order valence-corrected chi connectivity index (χ0v) is 18.5. The number of nitrogens with zero attached hydrogens (tertiary/aromatic N) is 3. The Morgan fingerprint density at radius 3 is 2.44 bits per heavy atom. The number of aromatic nitrogens is 2. The third-order valence-corrected chi connectivity index (χ3v) is 6.20. The van der Waals surface area contributed by atoms with Crippen LogP contribution in [0.4, 0.5) is 0 Å². The van der Waals surface area contributed by atoms with E-state index in [4.69, 9.17) is 5.73 Å². The summed E-state index contributed by atoms with van der Waals surface area (Å²) in [6, 6.07) is -3.22. The van der Waals surface area contributed by atoms with E-state index in [1.54, 1.807) is 20.0 Å². The molecule has 2 fully saturated rings. The minimum Gasteiger partial charge on any atom is -0.480 e. The molecule has 4 unspecified atom stereocenters. The average Bonchev–Trinajstić information content (AvgIpc) is 3.51. The van der Waals surface area contributed by atoms with Gasteiger partial charge in [0.25, 0.3) is 0 Å². The summed E-state index contributed by atoms with van der Waals surface area (Å²) in [5.74, 6) is -2.45. The number of hydrogen-bond acceptors (Lipinski definition) is 6.